The van der Waals surface area contributed by atoms with Crippen LogP contribution in [0.1, 0.15) is 0 Å². The molecule has 1 N–H and O–H groups in total. The number of ether oxygens (including phenoxy) is 4. The molecule has 0 atom stereocenters. The lowest BCUT2D eigenvalue weighted by molar-refractivity contribution is -0.0246. The summed E-state index contributed by atoms with van der Waals surface area (Å²) in [7, 11) is 0. The van der Waals surface area contributed by atoms with Crippen molar-refractivity contribution in [1.82, 2.24) is 5.32 Å². The maximum Gasteiger partial charge on any atom is 0.508 e. The van der Waals surface area contributed by atoms with Crippen molar-refractivity contribution in [2.24, 2.45) is 0 Å². The molecule has 84 valence electrons. The van der Waals surface area contributed by atoms with Gasteiger partial charge in [0.05, 0.1) is 12.1 Å². The van der Waals surface area contributed by atoms with Crippen LogP contribution >= 0.6 is 0 Å². The number of cyclic esters (lactones) is 4. The fourth-order valence-electron chi connectivity index (χ4n) is 1.38. The first-order chi connectivity index (χ1) is 7.24. The van der Waals surface area contributed by atoms with Gasteiger partial charge >= 0.3 is 12.3 Å². The van der Waals surface area contributed by atoms with Crippen molar-refractivity contribution >= 4 is 12.3 Å². The Labute approximate surface area is 85.6 Å². The second-order valence-corrected chi connectivity index (χ2v) is 3.30. The highest BCUT2D eigenvalue weighted by atomic mass is 16.7. The third kappa shape index (κ3) is 2.72. The normalized spacial score (nSPS) is 23.7. The van der Waals surface area contributed by atoms with Crippen LogP contribution in [-0.2, 0) is 18.9 Å². The van der Waals surface area contributed by atoms with Crippen molar-refractivity contribution in [3.63, 3.8) is 0 Å². The highest BCUT2D eigenvalue weighted by Gasteiger charge is 2.27. The molecule has 2 aliphatic rings. The summed E-state index contributed by atoms with van der Waals surface area (Å²) < 4.78 is 18.7. The van der Waals surface area contributed by atoms with Gasteiger partial charge in [-0.1, -0.05) is 0 Å². The van der Waals surface area contributed by atoms with Gasteiger partial charge in [-0.3, -0.25) is 5.32 Å². The highest BCUT2D eigenvalue weighted by Crippen LogP contribution is 2.04. The van der Waals surface area contributed by atoms with Gasteiger partial charge in [-0.25, -0.2) is 9.59 Å². The summed E-state index contributed by atoms with van der Waals surface area (Å²) in [6.45, 7) is 1.01. The molecule has 0 saturated carbocycles. The molecule has 0 bridgehead atoms. The number of carbonyl (C=O) groups excluding carboxylic acids is 2. The van der Waals surface area contributed by atoms with Crippen LogP contribution in [0.4, 0.5) is 9.59 Å². The molecular weight excluding hydrogens is 206 g/mol. The van der Waals surface area contributed by atoms with Gasteiger partial charge in [0.25, 0.3) is 0 Å². The fourth-order valence-corrected chi connectivity index (χ4v) is 1.38. The van der Waals surface area contributed by atoms with E-state index in [-0.39, 0.29) is 38.5 Å². The van der Waals surface area contributed by atoms with Crippen LogP contribution in [0.5, 0.6) is 0 Å². The van der Waals surface area contributed by atoms with E-state index >= 15 is 0 Å². The van der Waals surface area contributed by atoms with Gasteiger partial charge in [-0.2, -0.15) is 0 Å². The van der Waals surface area contributed by atoms with Gasteiger partial charge < -0.3 is 18.9 Å². The van der Waals surface area contributed by atoms with Crippen LogP contribution < -0.4 is 5.32 Å². The van der Waals surface area contributed by atoms with E-state index in [1.165, 1.54) is 0 Å². The molecule has 2 aliphatic heterocycles. The van der Waals surface area contributed by atoms with Crippen molar-refractivity contribution < 1.29 is 28.5 Å². The molecule has 15 heavy (non-hydrogen) atoms. The van der Waals surface area contributed by atoms with E-state index in [0.717, 1.165) is 0 Å². The average molecular weight is 217 g/mol. The van der Waals surface area contributed by atoms with Gasteiger partial charge in [0.1, 0.15) is 26.4 Å². The lowest BCUT2D eigenvalue weighted by Gasteiger charge is -2.29. The van der Waals surface area contributed by atoms with Crippen LogP contribution in [0.2, 0.25) is 0 Å². The highest BCUT2D eigenvalue weighted by molar-refractivity contribution is 5.61. The second-order valence-electron chi connectivity index (χ2n) is 3.30. The number of hydrogen-bond donors (Lipinski definition) is 1. The zero-order chi connectivity index (χ0) is 10.7. The minimum atomic E-state index is -0.653. The summed E-state index contributed by atoms with van der Waals surface area (Å²) >= 11 is 0. The molecule has 0 aromatic rings. The first-order valence-corrected chi connectivity index (χ1v) is 4.59. The first-order valence-electron chi connectivity index (χ1n) is 4.59. The maximum atomic E-state index is 10.6. The van der Waals surface area contributed by atoms with Gasteiger partial charge in [-0.05, 0) is 0 Å². The molecule has 2 fully saturated rings. The topological polar surface area (TPSA) is 83.1 Å². The van der Waals surface area contributed by atoms with Crippen LogP contribution in [0, 0.1) is 0 Å². The molecular formula is C8H11NO6. The van der Waals surface area contributed by atoms with E-state index in [1.807, 2.05) is 0 Å². The molecule has 7 heteroatoms. The smallest absolute Gasteiger partial charge is 0.432 e. The zero-order valence-corrected chi connectivity index (χ0v) is 7.93. The van der Waals surface area contributed by atoms with E-state index in [0.29, 0.717) is 0 Å². The summed E-state index contributed by atoms with van der Waals surface area (Å²) in [6, 6.07) is -0.179. The standard InChI is InChI=1S/C8H11NO6/c10-7-12-1-5(2-13-7)9-6-3-14-8(11)15-4-6/h5-6,9H,1-4H2. The van der Waals surface area contributed by atoms with Crippen LogP contribution in [-0.4, -0.2) is 50.8 Å². The number of hydrogen-bond acceptors (Lipinski definition) is 7. The quantitative estimate of drug-likeness (QED) is 0.632. The Hall–Kier alpha value is -1.50. The van der Waals surface area contributed by atoms with Gasteiger partial charge in [0, 0.05) is 0 Å². The molecule has 0 radical (unpaired) electrons. The minimum Gasteiger partial charge on any atom is -0.432 e. The summed E-state index contributed by atoms with van der Waals surface area (Å²) in [6.07, 6.45) is -1.31. The second kappa shape index (κ2) is 4.35. The molecule has 0 spiro atoms. The molecule has 0 amide bonds. The molecule has 7 nitrogen and oxygen atoms in total. The first kappa shape index (κ1) is 10.0. The summed E-state index contributed by atoms with van der Waals surface area (Å²) in [5.41, 5.74) is 0. The summed E-state index contributed by atoms with van der Waals surface area (Å²) in [4.78, 5) is 21.2. The monoisotopic (exact) mass is 217 g/mol. The van der Waals surface area contributed by atoms with Crippen molar-refractivity contribution in [2.75, 3.05) is 26.4 Å². The Morgan fingerprint density at radius 1 is 0.800 bits per heavy atom. The van der Waals surface area contributed by atoms with Crippen molar-refractivity contribution in [2.45, 2.75) is 12.1 Å². The zero-order valence-electron chi connectivity index (χ0n) is 7.93. The van der Waals surface area contributed by atoms with E-state index < -0.39 is 12.3 Å². The lowest BCUT2D eigenvalue weighted by atomic mass is 10.2. The fraction of sp³-hybridized carbons (Fsp3) is 0.750. The van der Waals surface area contributed by atoms with E-state index in [1.54, 1.807) is 0 Å². The Morgan fingerprint density at radius 3 is 1.47 bits per heavy atom. The van der Waals surface area contributed by atoms with Crippen LogP contribution in [0.15, 0.2) is 0 Å². The Kier molecular flexibility index (Phi) is 2.91. The Bertz CT molecular complexity index is 222. The van der Waals surface area contributed by atoms with Crippen molar-refractivity contribution in [3.8, 4) is 0 Å². The molecule has 2 heterocycles. The van der Waals surface area contributed by atoms with Crippen LogP contribution in [0.25, 0.3) is 0 Å². The predicted octanol–water partition coefficient (Wildman–Crippen LogP) is -0.353. The van der Waals surface area contributed by atoms with Crippen LogP contribution in [0.3, 0.4) is 0 Å². The maximum absolute atomic E-state index is 10.6. The number of rotatable bonds is 2. The largest absolute Gasteiger partial charge is 0.508 e. The Morgan fingerprint density at radius 2 is 1.13 bits per heavy atom. The number of nitrogens with one attached hydrogen (secondary N) is 1. The van der Waals surface area contributed by atoms with E-state index in [9.17, 15) is 9.59 Å². The molecule has 2 saturated heterocycles. The van der Waals surface area contributed by atoms with Gasteiger partial charge in [0.2, 0.25) is 0 Å². The summed E-state index contributed by atoms with van der Waals surface area (Å²) in [5.74, 6) is 0. The predicted molar refractivity (Wildman–Crippen MR) is 45.3 cm³/mol. The molecule has 0 aromatic heterocycles. The lowest BCUT2D eigenvalue weighted by Crippen LogP contribution is -2.52. The Balaban J connectivity index is 1.72. The van der Waals surface area contributed by atoms with Gasteiger partial charge in [-0.15, -0.1) is 0 Å². The van der Waals surface area contributed by atoms with Crippen molar-refractivity contribution in [3.05, 3.63) is 0 Å². The molecule has 0 aliphatic carbocycles. The van der Waals surface area contributed by atoms with Crippen molar-refractivity contribution in [1.29, 1.82) is 0 Å². The molecule has 0 unspecified atom stereocenters. The SMILES string of the molecule is O=C1OCC(NC2COC(=O)OC2)CO1. The van der Waals surface area contributed by atoms with E-state index in [4.69, 9.17) is 0 Å². The third-order valence-electron chi connectivity index (χ3n) is 2.08. The van der Waals surface area contributed by atoms with E-state index in [2.05, 4.69) is 24.3 Å². The number of carbonyl (C=O) groups is 2. The summed E-state index contributed by atoms with van der Waals surface area (Å²) in [5, 5.41) is 3.09. The minimum absolute atomic E-state index is 0.0897. The average Bonchev–Trinajstić information content (AvgIpc) is 2.25. The third-order valence-corrected chi connectivity index (χ3v) is 2.08. The molecule has 0 aromatic carbocycles. The molecule has 2 rings (SSSR count). The van der Waals surface area contributed by atoms with Gasteiger partial charge in [0.15, 0.2) is 0 Å².